The standard InChI is InChI=1S/C10H18N2S/c1-8(9-3-4-9)7-12-10-11-5-2-6-13-10/h8-9H,2-7H2,1H3,(H,11,12). The largest absolute Gasteiger partial charge is 0.365 e. The maximum absolute atomic E-state index is 4.45. The number of hydrogen-bond acceptors (Lipinski definition) is 3. The average molecular weight is 198 g/mol. The van der Waals surface area contributed by atoms with E-state index in [0.717, 1.165) is 24.9 Å². The Morgan fingerprint density at radius 3 is 3.08 bits per heavy atom. The minimum absolute atomic E-state index is 0.838. The van der Waals surface area contributed by atoms with Crippen LogP contribution in [0.4, 0.5) is 0 Å². The van der Waals surface area contributed by atoms with E-state index in [9.17, 15) is 0 Å². The molecule has 1 aliphatic heterocycles. The molecule has 2 aliphatic rings. The van der Waals surface area contributed by atoms with Crippen molar-refractivity contribution in [1.29, 1.82) is 0 Å². The topological polar surface area (TPSA) is 24.4 Å². The van der Waals surface area contributed by atoms with Gasteiger partial charge >= 0.3 is 0 Å². The molecule has 0 aromatic heterocycles. The first-order valence-electron chi connectivity index (χ1n) is 5.27. The van der Waals surface area contributed by atoms with E-state index in [1.165, 1.54) is 30.2 Å². The van der Waals surface area contributed by atoms with Gasteiger partial charge in [-0.05, 0) is 31.1 Å². The maximum atomic E-state index is 4.45. The molecule has 1 atom stereocenters. The molecule has 1 aliphatic carbocycles. The summed E-state index contributed by atoms with van der Waals surface area (Å²) < 4.78 is 0. The van der Waals surface area contributed by atoms with Gasteiger partial charge in [-0.25, -0.2) is 0 Å². The zero-order valence-electron chi connectivity index (χ0n) is 8.25. The third kappa shape index (κ3) is 2.90. The molecule has 0 bridgehead atoms. The molecule has 0 aromatic rings. The van der Waals surface area contributed by atoms with Gasteiger partial charge in [0.15, 0.2) is 5.17 Å². The first-order chi connectivity index (χ1) is 6.36. The number of hydrogen-bond donors (Lipinski definition) is 1. The lowest BCUT2D eigenvalue weighted by Gasteiger charge is -2.16. The minimum Gasteiger partial charge on any atom is -0.365 e. The molecule has 0 aromatic carbocycles. The number of aliphatic imine (C=N–C) groups is 1. The number of nitrogens with one attached hydrogen (secondary N) is 1. The zero-order valence-corrected chi connectivity index (χ0v) is 9.07. The van der Waals surface area contributed by atoms with Gasteiger partial charge in [-0.15, -0.1) is 0 Å². The molecule has 0 spiro atoms. The summed E-state index contributed by atoms with van der Waals surface area (Å²) in [7, 11) is 0. The van der Waals surface area contributed by atoms with Crippen LogP contribution in [0.1, 0.15) is 26.2 Å². The molecule has 0 saturated heterocycles. The van der Waals surface area contributed by atoms with Gasteiger partial charge in [0.25, 0.3) is 0 Å². The molecule has 74 valence electrons. The molecule has 1 saturated carbocycles. The summed E-state index contributed by atoms with van der Waals surface area (Å²) in [5.41, 5.74) is 0. The van der Waals surface area contributed by atoms with Crippen molar-refractivity contribution in [2.24, 2.45) is 16.8 Å². The van der Waals surface area contributed by atoms with Crippen molar-refractivity contribution >= 4 is 16.9 Å². The van der Waals surface area contributed by atoms with E-state index >= 15 is 0 Å². The van der Waals surface area contributed by atoms with Gasteiger partial charge in [-0.2, -0.15) is 0 Å². The van der Waals surface area contributed by atoms with Crippen LogP contribution in [0.15, 0.2) is 4.99 Å². The lowest BCUT2D eigenvalue weighted by atomic mass is 10.1. The highest BCUT2D eigenvalue weighted by Crippen LogP contribution is 2.36. The second kappa shape index (κ2) is 4.36. The fourth-order valence-corrected chi connectivity index (χ4v) is 2.48. The van der Waals surface area contributed by atoms with Crippen LogP contribution in [-0.2, 0) is 0 Å². The normalized spacial score (nSPS) is 25.2. The van der Waals surface area contributed by atoms with Crippen LogP contribution >= 0.6 is 11.8 Å². The number of amidine groups is 1. The summed E-state index contributed by atoms with van der Waals surface area (Å²) in [5, 5.41) is 4.64. The molecule has 2 nitrogen and oxygen atoms in total. The van der Waals surface area contributed by atoms with E-state index in [1.807, 2.05) is 11.8 Å². The smallest absolute Gasteiger partial charge is 0.156 e. The quantitative estimate of drug-likeness (QED) is 0.751. The first kappa shape index (κ1) is 9.38. The summed E-state index contributed by atoms with van der Waals surface area (Å²) in [6, 6.07) is 0. The van der Waals surface area contributed by atoms with Crippen LogP contribution in [0.2, 0.25) is 0 Å². The van der Waals surface area contributed by atoms with Crippen molar-refractivity contribution in [3.63, 3.8) is 0 Å². The number of nitrogens with zero attached hydrogens (tertiary/aromatic N) is 1. The third-order valence-electron chi connectivity index (χ3n) is 2.80. The molecule has 1 heterocycles. The highest BCUT2D eigenvalue weighted by Gasteiger charge is 2.27. The molecule has 1 fully saturated rings. The summed E-state index contributed by atoms with van der Waals surface area (Å²) in [4.78, 5) is 4.45. The Morgan fingerprint density at radius 1 is 1.62 bits per heavy atom. The highest BCUT2D eigenvalue weighted by atomic mass is 32.2. The van der Waals surface area contributed by atoms with Crippen LogP contribution in [0.3, 0.4) is 0 Å². The van der Waals surface area contributed by atoms with Crippen molar-refractivity contribution in [3.05, 3.63) is 0 Å². The lowest BCUT2D eigenvalue weighted by molar-refractivity contribution is 0.500. The molecule has 1 unspecified atom stereocenters. The van der Waals surface area contributed by atoms with Gasteiger partial charge in [0, 0.05) is 18.8 Å². The Hall–Kier alpha value is -0.180. The molecule has 2 rings (SSSR count). The van der Waals surface area contributed by atoms with E-state index in [-0.39, 0.29) is 0 Å². The maximum Gasteiger partial charge on any atom is 0.156 e. The molecular formula is C10H18N2S. The molecule has 0 radical (unpaired) electrons. The number of rotatable bonds is 3. The van der Waals surface area contributed by atoms with Crippen molar-refractivity contribution in [1.82, 2.24) is 5.32 Å². The predicted octanol–water partition coefficient (Wildman–Crippen LogP) is 2.12. The first-order valence-corrected chi connectivity index (χ1v) is 6.26. The highest BCUT2D eigenvalue weighted by molar-refractivity contribution is 8.13. The Morgan fingerprint density at radius 2 is 2.46 bits per heavy atom. The second-order valence-electron chi connectivity index (χ2n) is 4.08. The SMILES string of the molecule is CC(CNC1=NCCCS1)C1CC1. The van der Waals surface area contributed by atoms with E-state index in [0.29, 0.717) is 0 Å². The fourth-order valence-electron chi connectivity index (χ4n) is 1.65. The molecule has 0 amide bonds. The van der Waals surface area contributed by atoms with Crippen molar-refractivity contribution in [3.8, 4) is 0 Å². The van der Waals surface area contributed by atoms with Gasteiger partial charge in [-0.3, -0.25) is 4.99 Å². The van der Waals surface area contributed by atoms with Gasteiger partial charge in [-0.1, -0.05) is 18.7 Å². The van der Waals surface area contributed by atoms with E-state index < -0.39 is 0 Å². The van der Waals surface area contributed by atoms with E-state index in [2.05, 4.69) is 17.2 Å². The Kier molecular flexibility index (Phi) is 3.14. The Bertz CT molecular complexity index is 199. The average Bonchev–Trinajstić information content (AvgIpc) is 2.99. The van der Waals surface area contributed by atoms with Crippen LogP contribution in [0.25, 0.3) is 0 Å². The van der Waals surface area contributed by atoms with E-state index in [4.69, 9.17) is 0 Å². The fraction of sp³-hybridized carbons (Fsp3) is 0.900. The summed E-state index contributed by atoms with van der Waals surface area (Å²) in [6.45, 7) is 4.49. The molecular weight excluding hydrogens is 180 g/mol. The second-order valence-corrected chi connectivity index (χ2v) is 5.17. The van der Waals surface area contributed by atoms with Crippen LogP contribution in [0, 0.1) is 11.8 Å². The molecule has 1 N–H and O–H groups in total. The molecule has 3 heteroatoms. The van der Waals surface area contributed by atoms with Crippen molar-refractivity contribution < 1.29 is 0 Å². The van der Waals surface area contributed by atoms with Gasteiger partial charge in [0.05, 0.1) is 0 Å². The van der Waals surface area contributed by atoms with Gasteiger partial charge in [0.2, 0.25) is 0 Å². The van der Waals surface area contributed by atoms with Crippen LogP contribution < -0.4 is 5.32 Å². The van der Waals surface area contributed by atoms with Crippen LogP contribution in [0.5, 0.6) is 0 Å². The van der Waals surface area contributed by atoms with Crippen molar-refractivity contribution in [2.75, 3.05) is 18.8 Å². The number of thioether (sulfide) groups is 1. The predicted molar refractivity (Wildman–Crippen MR) is 59.3 cm³/mol. The lowest BCUT2D eigenvalue weighted by Crippen LogP contribution is -2.28. The minimum atomic E-state index is 0.838. The van der Waals surface area contributed by atoms with Gasteiger partial charge < -0.3 is 5.32 Å². The third-order valence-corrected chi connectivity index (χ3v) is 3.84. The molecule has 13 heavy (non-hydrogen) atoms. The summed E-state index contributed by atoms with van der Waals surface area (Å²) in [5.74, 6) is 3.08. The summed E-state index contributed by atoms with van der Waals surface area (Å²) >= 11 is 1.88. The van der Waals surface area contributed by atoms with Crippen molar-refractivity contribution in [2.45, 2.75) is 26.2 Å². The zero-order chi connectivity index (χ0) is 9.10. The Balaban J connectivity index is 1.68. The van der Waals surface area contributed by atoms with Crippen LogP contribution in [-0.4, -0.2) is 24.0 Å². The van der Waals surface area contributed by atoms with E-state index in [1.54, 1.807) is 0 Å². The monoisotopic (exact) mass is 198 g/mol. The Labute approximate surface area is 84.6 Å². The summed E-state index contributed by atoms with van der Waals surface area (Å²) in [6.07, 6.45) is 4.14. The van der Waals surface area contributed by atoms with Gasteiger partial charge in [0.1, 0.15) is 0 Å².